The fraction of sp³-hybridized carbons (Fsp3) is 0.929. The molecule has 1 saturated carbocycles. The molecule has 1 aliphatic carbocycles. The minimum absolute atomic E-state index is 0.0968. The Bertz CT molecular complexity index is 262. The van der Waals surface area contributed by atoms with Gasteiger partial charge in [-0.25, -0.2) is 0 Å². The van der Waals surface area contributed by atoms with Crippen LogP contribution in [0.1, 0.15) is 58.3 Å². The molecule has 0 amide bonds. The second-order valence-corrected chi connectivity index (χ2v) is 5.54. The van der Waals surface area contributed by atoms with Crippen LogP contribution in [0.5, 0.6) is 0 Å². The van der Waals surface area contributed by atoms with Crippen LogP contribution < -0.4 is 0 Å². The summed E-state index contributed by atoms with van der Waals surface area (Å²) < 4.78 is 0. The molecule has 1 aliphatic heterocycles. The van der Waals surface area contributed by atoms with Gasteiger partial charge >= 0.3 is 0 Å². The Labute approximate surface area is 99.6 Å². The van der Waals surface area contributed by atoms with Gasteiger partial charge in [-0.3, -0.25) is 4.90 Å². The Morgan fingerprint density at radius 1 is 1.19 bits per heavy atom. The zero-order valence-corrected chi connectivity index (χ0v) is 10.5. The zero-order chi connectivity index (χ0) is 11.4. The first kappa shape index (κ1) is 11.9. The lowest BCUT2D eigenvalue weighted by atomic mass is 9.89. The fourth-order valence-electron chi connectivity index (χ4n) is 3.45. The lowest BCUT2D eigenvalue weighted by molar-refractivity contribution is 0.152. The van der Waals surface area contributed by atoms with Crippen molar-refractivity contribution in [1.82, 2.24) is 4.90 Å². The number of hydrogen-bond donors (Lipinski definition) is 0. The van der Waals surface area contributed by atoms with Crippen molar-refractivity contribution < 1.29 is 0 Å². The van der Waals surface area contributed by atoms with E-state index in [9.17, 15) is 5.26 Å². The first-order valence-electron chi connectivity index (χ1n) is 6.97. The minimum Gasteiger partial charge on any atom is -0.286 e. The van der Waals surface area contributed by atoms with Gasteiger partial charge in [0.25, 0.3) is 0 Å². The highest BCUT2D eigenvalue weighted by Crippen LogP contribution is 2.37. The van der Waals surface area contributed by atoms with Gasteiger partial charge in [0.05, 0.1) is 6.07 Å². The van der Waals surface area contributed by atoms with Crippen LogP contribution in [0.25, 0.3) is 0 Å². The Morgan fingerprint density at radius 2 is 1.94 bits per heavy atom. The van der Waals surface area contributed by atoms with Crippen LogP contribution in [0.4, 0.5) is 0 Å². The molecule has 2 nitrogen and oxygen atoms in total. The summed E-state index contributed by atoms with van der Waals surface area (Å²) in [7, 11) is 0. The highest BCUT2D eigenvalue weighted by atomic mass is 15.2. The van der Waals surface area contributed by atoms with Gasteiger partial charge in [-0.05, 0) is 51.1 Å². The highest BCUT2D eigenvalue weighted by molar-refractivity contribution is 5.10. The summed E-state index contributed by atoms with van der Waals surface area (Å²) >= 11 is 0. The summed E-state index contributed by atoms with van der Waals surface area (Å²) in [5, 5.41) is 9.59. The molecule has 2 unspecified atom stereocenters. The topological polar surface area (TPSA) is 27.0 Å². The van der Waals surface area contributed by atoms with Crippen molar-refractivity contribution in [2.24, 2.45) is 5.92 Å². The van der Waals surface area contributed by atoms with Crippen molar-refractivity contribution in [3.05, 3.63) is 0 Å². The van der Waals surface area contributed by atoms with E-state index < -0.39 is 0 Å². The third-order valence-corrected chi connectivity index (χ3v) is 4.67. The Balaban J connectivity index is 2.06. The molecule has 0 aromatic rings. The summed E-state index contributed by atoms with van der Waals surface area (Å²) in [6.45, 7) is 4.61. The Morgan fingerprint density at radius 3 is 2.56 bits per heavy atom. The molecule has 0 radical (unpaired) electrons. The summed E-state index contributed by atoms with van der Waals surface area (Å²) in [5.74, 6) is 0.873. The van der Waals surface area contributed by atoms with E-state index >= 15 is 0 Å². The molecule has 0 aromatic carbocycles. The molecule has 16 heavy (non-hydrogen) atoms. The van der Waals surface area contributed by atoms with Crippen molar-refractivity contribution in [3.8, 4) is 6.07 Å². The van der Waals surface area contributed by atoms with Crippen LogP contribution >= 0.6 is 0 Å². The third kappa shape index (κ3) is 2.25. The summed E-state index contributed by atoms with van der Waals surface area (Å²) in [5.41, 5.74) is -0.0968. The standard InChI is InChI=1S/C14H24N2/c1-2-13-6-5-8-14(12-15,9-7-13)16-10-3-4-11-16/h13H,2-11H2,1H3. The number of nitrogens with zero attached hydrogens (tertiary/aromatic N) is 2. The molecule has 0 aromatic heterocycles. The quantitative estimate of drug-likeness (QED) is 0.667. The molecule has 90 valence electrons. The maximum absolute atomic E-state index is 9.59. The molecule has 0 spiro atoms. The van der Waals surface area contributed by atoms with E-state index in [1.807, 2.05) is 0 Å². The van der Waals surface area contributed by atoms with Crippen molar-refractivity contribution in [2.75, 3.05) is 13.1 Å². The number of nitriles is 1. The molecule has 0 N–H and O–H groups in total. The van der Waals surface area contributed by atoms with E-state index in [-0.39, 0.29) is 5.54 Å². The molecule has 2 rings (SSSR count). The summed E-state index contributed by atoms with van der Waals surface area (Å²) in [6.07, 6.45) is 9.96. The van der Waals surface area contributed by atoms with Crippen LogP contribution in [0.3, 0.4) is 0 Å². The molecule has 2 fully saturated rings. The predicted molar refractivity (Wildman–Crippen MR) is 66.0 cm³/mol. The first-order valence-corrected chi connectivity index (χ1v) is 6.97. The van der Waals surface area contributed by atoms with E-state index in [4.69, 9.17) is 0 Å². The number of hydrogen-bond acceptors (Lipinski definition) is 2. The minimum atomic E-state index is -0.0968. The van der Waals surface area contributed by atoms with Crippen molar-refractivity contribution in [3.63, 3.8) is 0 Å². The first-order chi connectivity index (χ1) is 7.80. The Hall–Kier alpha value is -0.550. The van der Waals surface area contributed by atoms with E-state index in [1.165, 1.54) is 38.5 Å². The van der Waals surface area contributed by atoms with Crippen molar-refractivity contribution in [2.45, 2.75) is 63.8 Å². The van der Waals surface area contributed by atoms with Gasteiger partial charge in [0.15, 0.2) is 0 Å². The van der Waals surface area contributed by atoms with E-state index in [1.54, 1.807) is 0 Å². The smallest absolute Gasteiger partial charge is 0.109 e. The maximum Gasteiger partial charge on any atom is 0.109 e. The SMILES string of the molecule is CCC1CCCC(C#N)(N2CCCC2)CC1. The summed E-state index contributed by atoms with van der Waals surface area (Å²) in [4.78, 5) is 2.48. The van der Waals surface area contributed by atoms with Gasteiger partial charge in [-0.2, -0.15) is 5.26 Å². The van der Waals surface area contributed by atoms with Crippen molar-refractivity contribution in [1.29, 1.82) is 5.26 Å². The van der Waals surface area contributed by atoms with Gasteiger partial charge in [0.2, 0.25) is 0 Å². The molecule has 2 heteroatoms. The van der Waals surface area contributed by atoms with Gasteiger partial charge < -0.3 is 0 Å². The van der Waals surface area contributed by atoms with Gasteiger partial charge in [0, 0.05) is 0 Å². The van der Waals surface area contributed by atoms with Gasteiger partial charge in [-0.15, -0.1) is 0 Å². The molecule has 0 bridgehead atoms. The lowest BCUT2D eigenvalue weighted by Gasteiger charge is -2.35. The molecule has 1 saturated heterocycles. The van der Waals surface area contributed by atoms with E-state index in [0.717, 1.165) is 31.8 Å². The zero-order valence-electron chi connectivity index (χ0n) is 10.5. The maximum atomic E-state index is 9.59. The lowest BCUT2D eigenvalue weighted by Crippen LogP contribution is -2.45. The second-order valence-electron chi connectivity index (χ2n) is 5.54. The molecular formula is C14H24N2. The van der Waals surface area contributed by atoms with Crippen LogP contribution in [-0.2, 0) is 0 Å². The average molecular weight is 220 g/mol. The second kappa shape index (κ2) is 5.19. The molecule has 2 aliphatic rings. The number of likely N-dealkylation sites (tertiary alicyclic amines) is 1. The van der Waals surface area contributed by atoms with E-state index in [2.05, 4.69) is 17.9 Å². The van der Waals surface area contributed by atoms with Gasteiger partial charge in [-0.1, -0.05) is 26.2 Å². The van der Waals surface area contributed by atoms with Crippen LogP contribution in [0.15, 0.2) is 0 Å². The Kier molecular flexibility index (Phi) is 3.86. The highest BCUT2D eigenvalue weighted by Gasteiger charge is 2.39. The molecule has 1 heterocycles. The monoisotopic (exact) mass is 220 g/mol. The third-order valence-electron chi connectivity index (χ3n) is 4.67. The predicted octanol–water partition coefficient (Wildman–Crippen LogP) is 3.33. The molecule has 2 atom stereocenters. The van der Waals surface area contributed by atoms with E-state index in [0.29, 0.717) is 0 Å². The number of rotatable bonds is 2. The average Bonchev–Trinajstić information content (AvgIpc) is 2.77. The largest absolute Gasteiger partial charge is 0.286 e. The molecular weight excluding hydrogens is 196 g/mol. The van der Waals surface area contributed by atoms with Crippen LogP contribution in [-0.4, -0.2) is 23.5 Å². The van der Waals surface area contributed by atoms with Gasteiger partial charge in [0.1, 0.15) is 5.54 Å². The normalized spacial score (nSPS) is 36.9. The van der Waals surface area contributed by atoms with Crippen LogP contribution in [0, 0.1) is 17.2 Å². The van der Waals surface area contributed by atoms with Crippen molar-refractivity contribution >= 4 is 0 Å². The summed E-state index contributed by atoms with van der Waals surface area (Å²) in [6, 6.07) is 2.67. The fourth-order valence-corrected chi connectivity index (χ4v) is 3.45. The van der Waals surface area contributed by atoms with Crippen LogP contribution in [0.2, 0.25) is 0 Å².